The first-order chi connectivity index (χ1) is 10.8. The lowest BCUT2D eigenvalue weighted by Gasteiger charge is -2.08. The number of hydrogen-bond donors (Lipinski definition) is 2. The highest BCUT2D eigenvalue weighted by molar-refractivity contribution is 14.1. The van der Waals surface area contributed by atoms with Crippen molar-refractivity contribution in [2.45, 2.75) is 18.2 Å². The van der Waals surface area contributed by atoms with Gasteiger partial charge in [0.2, 0.25) is 0 Å². The summed E-state index contributed by atoms with van der Waals surface area (Å²) >= 11 is 2.02. The second-order valence-corrected chi connectivity index (χ2v) is 7.35. The predicted molar refractivity (Wildman–Crippen MR) is 92.4 cm³/mol. The third kappa shape index (κ3) is 4.32. The number of aromatic nitrogens is 1. The molecule has 9 heteroatoms. The Kier molecular flexibility index (Phi) is 5.42. The number of benzene rings is 1. The summed E-state index contributed by atoms with van der Waals surface area (Å²) in [5, 5.41) is 12.6. The van der Waals surface area contributed by atoms with Gasteiger partial charge in [0.05, 0.1) is 4.90 Å². The van der Waals surface area contributed by atoms with Gasteiger partial charge in [-0.1, -0.05) is 12.1 Å². The zero-order valence-corrected chi connectivity index (χ0v) is 15.0. The molecule has 1 heterocycles. The van der Waals surface area contributed by atoms with Crippen LogP contribution < -0.4 is 4.72 Å². The van der Waals surface area contributed by atoms with Crippen LogP contribution in [-0.4, -0.2) is 24.7 Å². The van der Waals surface area contributed by atoms with E-state index in [1.807, 2.05) is 22.6 Å². The Labute approximate surface area is 146 Å². The van der Waals surface area contributed by atoms with E-state index >= 15 is 0 Å². The van der Waals surface area contributed by atoms with Gasteiger partial charge in [0.1, 0.15) is 6.26 Å². The highest BCUT2D eigenvalue weighted by atomic mass is 127. The number of halogens is 1. The summed E-state index contributed by atoms with van der Waals surface area (Å²) in [6, 6.07) is 5.85. The van der Waals surface area contributed by atoms with Gasteiger partial charge in [-0.3, -0.25) is 4.72 Å². The molecule has 7 nitrogen and oxygen atoms in total. The lowest BCUT2D eigenvalue weighted by Crippen LogP contribution is -2.13. The van der Waals surface area contributed by atoms with Gasteiger partial charge in [-0.15, -0.1) is 0 Å². The molecule has 0 aliphatic carbocycles. The fourth-order valence-corrected chi connectivity index (χ4v) is 3.28. The van der Waals surface area contributed by atoms with Crippen LogP contribution in [0.25, 0.3) is 6.08 Å². The van der Waals surface area contributed by atoms with Crippen molar-refractivity contribution in [1.82, 2.24) is 5.16 Å². The van der Waals surface area contributed by atoms with Crippen LogP contribution in [0.2, 0.25) is 0 Å². The molecule has 0 aliphatic heterocycles. The molecule has 2 N–H and O–H groups in total. The first-order valence-electron chi connectivity index (χ1n) is 6.50. The van der Waals surface area contributed by atoms with Gasteiger partial charge < -0.3 is 9.63 Å². The zero-order valence-electron chi connectivity index (χ0n) is 12.0. The van der Waals surface area contributed by atoms with Crippen LogP contribution in [-0.2, 0) is 14.8 Å². The van der Waals surface area contributed by atoms with Gasteiger partial charge in [-0.2, -0.15) is 0 Å². The molecule has 0 saturated heterocycles. The molecule has 1 aromatic heterocycles. The van der Waals surface area contributed by atoms with E-state index in [4.69, 9.17) is 5.11 Å². The molecule has 2 aromatic rings. The lowest BCUT2D eigenvalue weighted by atomic mass is 10.1. The standard InChI is InChI=1S/C14H13IN2O5S/c1-2-9(14(18)19)7-10-8-11(3-4-12(10)15)23(20,21)17-13-5-6-22-16-13/h3-8H,2H2,1H3,(H,16,17)(H,18,19). The molecule has 0 bridgehead atoms. The van der Waals surface area contributed by atoms with E-state index in [9.17, 15) is 13.2 Å². The van der Waals surface area contributed by atoms with Crippen LogP contribution in [0.1, 0.15) is 18.9 Å². The van der Waals surface area contributed by atoms with E-state index < -0.39 is 16.0 Å². The van der Waals surface area contributed by atoms with Gasteiger partial charge in [0.25, 0.3) is 10.0 Å². The van der Waals surface area contributed by atoms with Crippen LogP contribution in [0, 0.1) is 3.57 Å². The Hall–Kier alpha value is -1.88. The van der Waals surface area contributed by atoms with E-state index in [-0.39, 0.29) is 16.3 Å². The van der Waals surface area contributed by atoms with Gasteiger partial charge in [-0.25, -0.2) is 13.2 Å². The minimum atomic E-state index is -3.84. The second-order valence-electron chi connectivity index (χ2n) is 4.50. The molecule has 0 amide bonds. The minimum Gasteiger partial charge on any atom is -0.478 e. The van der Waals surface area contributed by atoms with Crippen molar-refractivity contribution in [2.75, 3.05) is 4.72 Å². The highest BCUT2D eigenvalue weighted by Crippen LogP contribution is 2.22. The molecule has 0 saturated carbocycles. The van der Waals surface area contributed by atoms with Crippen molar-refractivity contribution in [2.24, 2.45) is 0 Å². The Bertz CT molecular complexity index is 844. The summed E-state index contributed by atoms with van der Waals surface area (Å²) in [7, 11) is -3.84. The van der Waals surface area contributed by atoms with Crippen LogP contribution in [0.4, 0.5) is 5.82 Å². The monoisotopic (exact) mass is 448 g/mol. The van der Waals surface area contributed by atoms with Gasteiger partial charge in [-0.05, 0) is 58.9 Å². The molecule has 122 valence electrons. The van der Waals surface area contributed by atoms with E-state index in [1.54, 1.807) is 13.0 Å². The quantitative estimate of drug-likeness (QED) is 0.520. The van der Waals surface area contributed by atoms with Crippen molar-refractivity contribution < 1.29 is 22.8 Å². The number of nitrogens with zero attached hydrogens (tertiary/aromatic N) is 1. The van der Waals surface area contributed by atoms with Gasteiger partial charge >= 0.3 is 5.97 Å². The van der Waals surface area contributed by atoms with Gasteiger partial charge in [0.15, 0.2) is 5.82 Å². The van der Waals surface area contributed by atoms with Crippen molar-refractivity contribution in [1.29, 1.82) is 0 Å². The number of carboxylic acids is 1. The SMILES string of the molecule is CCC(=Cc1cc(S(=O)(=O)Nc2ccon2)ccc1I)C(=O)O. The minimum absolute atomic E-state index is 0.00741. The van der Waals surface area contributed by atoms with Gasteiger partial charge in [0, 0.05) is 15.2 Å². The number of rotatable bonds is 6. The third-order valence-electron chi connectivity index (χ3n) is 2.94. The topological polar surface area (TPSA) is 110 Å². The fourth-order valence-electron chi connectivity index (χ4n) is 1.76. The summed E-state index contributed by atoms with van der Waals surface area (Å²) in [5.74, 6) is -0.960. The number of hydrogen-bond acceptors (Lipinski definition) is 5. The Morgan fingerprint density at radius 1 is 1.43 bits per heavy atom. The first-order valence-corrected chi connectivity index (χ1v) is 9.06. The molecule has 0 atom stereocenters. The summed E-state index contributed by atoms with van der Waals surface area (Å²) in [6.07, 6.45) is 3.05. The number of nitrogens with one attached hydrogen (secondary N) is 1. The summed E-state index contributed by atoms with van der Waals surface area (Å²) < 4.78 is 32.2. The Morgan fingerprint density at radius 2 is 2.17 bits per heavy atom. The lowest BCUT2D eigenvalue weighted by molar-refractivity contribution is -0.132. The van der Waals surface area contributed by atoms with E-state index in [1.165, 1.54) is 30.5 Å². The second kappa shape index (κ2) is 7.13. The number of sulfonamides is 1. The van der Waals surface area contributed by atoms with Crippen molar-refractivity contribution in [3.05, 3.63) is 45.2 Å². The smallest absolute Gasteiger partial charge is 0.331 e. The first kappa shape index (κ1) is 17.5. The maximum absolute atomic E-state index is 12.3. The zero-order chi connectivity index (χ0) is 17.0. The van der Waals surface area contributed by atoms with Crippen LogP contribution in [0.15, 0.2) is 45.5 Å². The van der Waals surface area contributed by atoms with Crippen LogP contribution in [0.5, 0.6) is 0 Å². The summed E-state index contributed by atoms with van der Waals surface area (Å²) in [4.78, 5) is 11.1. The molecular formula is C14H13IN2O5S. The number of aliphatic carboxylic acids is 1. The molecule has 0 unspecified atom stereocenters. The number of anilines is 1. The van der Waals surface area contributed by atoms with E-state index in [0.717, 1.165) is 3.57 Å². The van der Waals surface area contributed by atoms with Crippen molar-refractivity contribution in [3.63, 3.8) is 0 Å². The maximum atomic E-state index is 12.3. The predicted octanol–water partition coefficient (Wildman–Crippen LogP) is 2.96. The molecule has 1 aromatic carbocycles. The highest BCUT2D eigenvalue weighted by Gasteiger charge is 2.17. The van der Waals surface area contributed by atoms with E-state index in [0.29, 0.717) is 12.0 Å². The van der Waals surface area contributed by atoms with Crippen LogP contribution in [0.3, 0.4) is 0 Å². The van der Waals surface area contributed by atoms with Crippen molar-refractivity contribution in [3.8, 4) is 0 Å². The molecule has 2 rings (SSSR count). The van der Waals surface area contributed by atoms with E-state index in [2.05, 4.69) is 14.4 Å². The third-order valence-corrected chi connectivity index (χ3v) is 5.27. The maximum Gasteiger partial charge on any atom is 0.331 e. The molecule has 23 heavy (non-hydrogen) atoms. The molecule has 0 fully saturated rings. The largest absolute Gasteiger partial charge is 0.478 e. The number of carbonyl (C=O) groups is 1. The molecule has 0 aliphatic rings. The molecule has 0 radical (unpaired) electrons. The van der Waals surface area contributed by atoms with Crippen LogP contribution >= 0.6 is 22.6 Å². The molecular weight excluding hydrogens is 435 g/mol. The molecule has 0 spiro atoms. The summed E-state index contributed by atoms with van der Waals surface area (Å²) in [6.45, 7) is 1.72. The number of carboxylic acid groups (broad SMARTS) is 1. The Morgan fingerprint density at radius 3 is 2.74 bits per heavy atom. The Balaban J connectivity index is 2.42. The average molecular weight is 448 g/mol. The fraction of sp³-hybridized carbons (Fsp3) is 0.143. The normalized spacial score (nSPS) is 12.2. The summed E-state index contributed by atoms with van der Waals surface area (Å²) in [5.41, 5.74) is 0.717. The average Bonchev–Trinajstić information content (AvgIpc) is 2.97. The van der Waals surface area contributed by atoms with Crippen molar-refractivity contribution >= 4 is 50.5 Å².